The fourth-order valence-electron chi connectivity index (χ4n) is 0.868. The molecule has 0 aromatic heterocycles. The third-order valence-electron chi connectivity index (χ3n) is 1.30. The number of nitrogens with two attached hydrogens (primary N) is 1. The van der Waals surface area contributed by atoms with Crippen molar-refractivity contribution in [3.8, 4) is 0 Å². The van der Waals surface area contributed by atoms with Gasteiger partial charge < -0.3 is 5.73 Å². The molecule has 15 heavy (non-hydrogen) atoms. The molecule has 0 unspecified atom stereocenters. The molecule has 0 spiro atoms. The molecule has 5 nitrogen and oxygen atoms in total. The molecule has 1 aromatic rings. The molecule has 0 aliphatic heterocycles. The van der Waals surface area contributed by atoms with Crippen LogP contribution in [-0.4, -0.2) is 23.6 Å². The summed E-state index contributed by atoms with van der Waals surface area (Å²) in [6.07, 6.45) is 0.400. The Morgan fingerprint density at radius 1 is 1.40 bits per heavy atom. The predicted molar refractivity (Wildman–Crippen MR) is 58.0 cm³/mol. The zero-order valence-corrected chi connectivity index (χ0v) is 8.68. The molecular formula is C9H15NO4S. The van der Waals surface area contributed by atoms with Gasteiger partial charge in [-0.05, 0) is 18.8 Å². The second kappa shape index (κ2) is 6.52. The minimum atomic E-state index is -4.67. The summed E-state index contributed by atoms with van der Waals surface area (Å²) < 4.78 is 52.9. The van der Waals surface area contributed by atoms with Crippen molar-refractivity contribution in [3.05, 3.63) is 35.9 Å². The fourth-order valence-corrected chi connectivity index (χ4v) is 0.868. The molecule has 4 N–H and O–H groups in total. The molecule has 0 radical (unpaired) electrons. The van der Waals surface area contributed by atoms with Crippen molar-refractivity contribution in [1.82, 2.24) is 0 Å². The van der Waals surface area contributed by atoms with Gasteiger partial charge in [0.2, 0.25) is 0 Å². The Balaban J connectivity index is 0.000000494. The van der Waals surface area contributed by atoms with E-state index in [0.717, 1.165) is 5.56 Å². The van der Waals surface area contributed by atoms with Gasteiger partial charge in [-0.3, -0.25) is 9.11 Å². The van der Waals surface area contributed by atoms with Crippen molar-refractivity contribution in [1.29, 1.82) is 0 Å². The minimum Gasteiger partial charge on any atom is -0.328 e. The fraction of sp³-hybridized carbons (Fsp3) is 0.333. The zero-order valence-electron chi connectivity index (χ0n) is 10.9. The van der Waals surface area contributed by atoms with Crippen LogP contribution in [0, 0.1) is 0 Å². The molecule has 0 fully saturated rings. The topological polar surface area (TPSA) is 101 Å². The maximum Gasteiger partial charge on any atom is 0.394 e. The summed E-state index contributed by atoms with van der Waals surface area (Å²) in [7, 11) is -4.67. The first-order chi connectivity index (χ1) is 8.00. The van der Waals surface area contributed by atoms with Crippen LogP contribution in [0.1, 0.15) is 16.5 Å². The lowest BCUT2D eigenvalue weighted by molar-refractivity contribution is 0.381. The van der Waals surface area contributed by atoms with Gasteiger partial charge in [-0.2, -0.15) is 8.42 Å². The Morgan fingerprint density at radius 2 is 1.87 bits per heavy atom. The lowest BCUT2D eigenvalue weighted by atomic mass is 10.1. The third-order valence-corrected chi connectivity index (χ3v) is 1.30. The molecule has 0 aliphatic carbocycles. The summed E-state index contributed by atoms with van der Waals surface area (Å²) in [6, 6.07) is 8.64. The van der Waals surface area contributed by atoms with Gasteiger partial charge in [0.15, 0.2) is 0 Å². The summed E-state index contributed by atoms with van der Waals surface area (Å²) in [5.41, 5.74) is 6.48. The van der Waals surface area contributed by atoms with Gasteiger partial charge >= 0.3 is 10.4 Å². The van der Waals surface area contributed by atoms with Crippen LogP contribution in [0.2, 0.25) is 0 Å². The average molecular weight is 236 g/mol. The molecular weight excluding hydrogens is 218 g/mol. The van der Waals surface area contributed by atoms with Crippen LogP contribution >= 0.6 is 0 Å². The maximum atomic E-state index is 8.74. The second-order valence-electron chi connectivity index (χ2n) is 2.74. The van der Waals surface area contributed by atoms with Gasteiger partial charge in [0.25, 0.3) is 0 Å². The molecule has 0 saturated carbocycles. The monoisotopic (exact) mass is 236 g/mol. The first-order valence-electron chi connectivity index (χ1n) is 5.49. The zero-order chi connectivity index (χ0) is 14.4. The van der Waals surface area contributed by atoms with E-state index >= 15 is 0 Å². The van der Waals surface area contributed by atoms with Crippen molar-refractivity contribution in [2.75, 3.05) is 0 Å². The second-order valence-corrected chi connectivity index (χ2v) is 3.64. The lowest BCUT2D eigenvalue weighted by Gasteiger charge is -2.02. The van der Waals surface area contributed by atoms with Gasteiger partial charge in [-0.25, -0.2) is 0 Å². The van der Waals surface area contributed by atoms with Crippen molar-refractivity contribution in [3.63, 3.8) is 0 Å². The number of rotatable bonds is 2. The van der Waals surface area contributed by atoms with Gasteiger partial charge in [0, 0.05) is 10.2 Å². The Bertz CT molecular complexity index is 439. The van der Waals surface area contributed by atoms with Crippen LogP contribution in [0.15, 0.2) is 30.3 Å². The summed E-state index contributed by atoms with van der Waals surface area (Å²) in [5.74, 6) is 0. The van der Waals surface area contributed by atoms with Gasteiger partial charge in [0.05, 0.1) is 0 Å². The molecule has 0 saturated heterocycles. The van der Waals surface area contributed by atoms with Crippen LogP contribution in [0.3, 0.4) is 0 Å². The molecule has 6 heteroatoms. The SMILES string of the molecule is O=S(=O)(O)O.[2H]C([2H])([2H])[C@H](N)Cc1ccccc1. The Hall–Kier alpha value is -0.950. The average Bonchev–Trinajstić information content (AvgIpc) is 2.15. The summed E-state index contributed by atoms with van der Waals surface area (Å²) in [6.45, 7) is -2.06. The van der Waals surface area contributed by atoms with Crippen molar-refractivity contribution in [2.24, 2.45) is 5.73 Å². The van der Waals surface area contributed by atoms with Crippen molar-refractivity contribution in [2.45, 2.75) is 19.3 Å². The van der Waals surface area contributed by atoms with E-state index in [-0.39, 0.29) is 0 Å². The van der Waals surface area contributed by atoms with E-state index in [9.17, 15) is 0 Å². The molecule has 0 bridgehead atoms. The van der Waals surface area contributed by atoms with E-state index in [2.05, 4.69) is 0 Å². The molecule has 1 aromatic carbocycles. The first kappa shape index (κ1) is 9.29. The van der Waals surface area contributed by atoms with Crippen LogP contribution in [0.4, 0.5) is 0 Å². The van der Waals surface area contributed by atoms with Crippen LogP contribution in [0.5, 0.6) is 0 Å². The highest BCUT2D eigenvalue weighted by Crippen LogP contribution is 2.00. The Kier molecular flexibility index (Phi) is 4.04. The highest BCUT2D eigenvalue weighted by atomic mass is 32.3. The van der Waals surface area contributed by atoms with E-state index in [4.69, 9.17) is 27.4 Å². The molecule has 86 valence electrons. The lowest BCUT2D eigenvalue weighted by Crippen LogP contribution is -2.17. The maximum absolute atomic E-state index is 8.74. The quantitative estimate of drug-likeness (QED) is 0.663. The van der Waals surface area contributed by atoms with Crippen LogP contribution in [-0.2, 0) is 16.8 Å². The summed E-state index contributed by atoms with van der Waals surface area (Å²) in [5, 5.41) is 0. The van der Waals surface area contributed by atoms with Crippen molar-refractivity contribution >= 4 is 10.4 Å². The van der Waals surface area contributed by atoms with Crippen LogP contribution < -0.4 is 5.73 Å². The molecule has 0 aliphatic rings. The largest absolute Gasteiger partial charge is 0.394 e. The van der Waals surface area contributed by atoms with E-state index < -0.39 is 23.3 Å². The van der Waals surface area contributed by atoms with Crippen LogP contribution in [0.25, 0.3) is 0 Å². The smallest absolute Gasteiger partial charge is 0.328 e. The number of hydrogen-bond donors (Lipinski definition) is 3. The van der Waals surface area contributed by atoms with Gasteiger partial charge in [-0.1, -0.05) is 30.3 Å². The molecule has 0 heterocycles. The number of benzene rings is 1. The first-order valence-corrected chi connectivity index (χ1v) is 5.39. The van der Waals surface area contributed by atoms with Gasteiger partial charge in [0.1, 0.15) is 0 Å². The molecule has 1 atom stereocenters. The highest BCUT2D eigenvalue weighted by molar-refractivity contribution is 7.79. The summed E-state index contributed by atoms with van der Waals surface area (Å²) >= 11 is 0. The van der Waals surface area contributed by atoms with E-state index in [0.29, 0.717) is 6.42 Å². The molecule has 1 rings (SSSR count). The van der Waals surface area contributed by atoms with E-state index in [1.54, 1.807) is 0 Å². The highest BCUT2D eigenvalue weighted by Gasteiger charge is 1.94. The predicted octanol–water partition coefficient (Wildman–Crippen LogP) is 0.923. The van der Waals surface area contributed by atoms with Gasteiger partial charge in [-0.15, -0.1) is 0 Å². The Labute approximate surface area is 93.7 Å². The Morgan fingerprint density at radius 3 is 2.27 bits per heavy atom. The summed E-state index contributed by atoms with van der Waals surface area (Å²) in [4.78, 5) is 0. The third kappa shape index (κ3) is 13.1. The number of hydrogen-bond acceptors (Lipinski definition) is 3. The minimum absolute atomic E-state index is 0.400. The van der Waals surface area contributed by atoms with Crippen molar-refractivity contribution < 1.29 is 21.6 Å². The standard InChI is InChI=1S/C9H13N.H2O4S/c1-8(10)7-9-5-3-2-4-6-9;1-5(2,3)4/h2-6,8H,7,10H2,1H3;(H2,1,2,3,4)/t8-;/m0./s1/i1D3;. The van der Waals surface area contributed by atoms with E-state index in [1.807, 2.05) is 30.3 Å². The van der Waals surface area contributed by atoms with E-state index in [1.165, 1.54) is 0 Å². The normalized spacial score (nSPS) is 16.3. The molecule has 0 amide bonds.